The van der Waals surface area contributed by atoms with Gasteiger partial charge >= 0.3 is 0 Å². The summed E-state index contributed by atoms with van der Waals surface area (Å²) in [6.07, 6.45) is 0.712. The summed E-state index contributed by atoms with van der Waals surface area (Å²) in [5, 5.41) is 10.9. The van der Waals surface area contributed by atoms with E-state index in [-0.39, 0.29) is 12.0 Å². The Morgan fingerprint density at radius 3 is 2.50 bits per heavy atom. The number of hydrogen-bond acceptors (Lipinski definition) is 2. The lowest BCUT2D eigenvalue weighted by atomic mass is 9.81. The molecule has 0 aliphatic carbocycles. The van der Waals surface area contributed by atoms with Gasteiger partial charge in [0.25, 0.3) is 0 Å². The third-order valence-corrected chi connectivity index (χ3v) is 5.49. The van der Waals surface area contributed by atoms with E-state index in [4.69, 9.17) is 0 Å². The Hall–Kier alpha value is -1.25. The van der Waals surface area contributed by atoms with Crippen LogP contribution in [0.2, 0.25) is 0 Å². The first-order valence-corrected chi connectivity index (χ1v) is 8.24. The summed E-state index contributed by atoms with van der Waals surface area (Å²) in [5.41, 5.74) is 2.49. The number of aliphatic hydroxyl groups is 1. The van der Waals surface area contributed by atoms with Crippen molar-refractivity contribution in [3.63, 3.8) is 0 Å². The molecule has 0 aromatic heterocycles. The molecule has 0 radical (unpaired) electrons. The third kappa shape index (κ3) is 2.50. The third-order valence-electron chi connectivity index (χ3n) is 4.21. The van der Waals surface area contributed by atoms with Crippen molar-refractivity contribution in [3.05, 3.63) is 65.7 Å². The van der Waals surface area contributed by atoms with Gasteiger partial charge in [-0.3, -0.25) is 0 Å². The topological polar surface area (TPSA) is 20.2 Å². The molecule has 1 nitrogen and oxygen atoms in total. The second-order valence-corrected chi connectivity index (χ2v) is 6.46. The minimum atomic E-state index is -0.307. The average Bonchev–Trinajstić information content (AvgIpc) is 2.64. The van der Waals surface area contributed by atoms with Crippen molar-refractivity contribution in [2.45, 2.75) is 30.3 Å². The van der Waals surface area contributed by atoms with E-state index in [2.05, 4.69) is 55.5 Å². The standard InChI is InChI=1S/C18H20OS/c1-2-13-12-20-16-11-7-6-10-15(16)17(18(13)19)14-8-4-3-5-9-14/h3-11,13,17-19H,2,12H2,1H3/t13-,17+,18+/m1/s1. The fourth-order valence-corrected chi connectivity index (χ4v) is 4.38. The first-order chi connectivity index (χ1) is 9.81. The van der Waals surface area contributed by atoms with Crippen molar-refractivity contribution >= 4 is 11.8 Å². The molecule has 0 unspecified atom stereocenters. The zero-order chi connectivity index (χ0) is 13.9. The quantitative estimate of drug-likeness (QED) is 0.886. The van der Waals surface area contributed by atoms with Gasteiger partial charge in [0.05, 0.1) is 6.10 Å². The van der Waals surface area contributed by atoms with Crippen LogP contribution in [0.25, 0.3) is 0 Å². The molecule has 104 valence electrons. The average molecular weight is 284 g/mol. The van der Waals surface area contributed by atoms with Gasteiger partial charge in [0.2, 0.25) is 0 Å². The Morgan fingerprint density at radius 2 is 1.75 bits per heavy atom. The Morgan fingerprint density at radius 1 is 1.05 bits per heavy atom. The molecular weight excluding hydrogens is 264 g/mol. The molecule has 20 heavy (non-hydrogen) atoms. The lowest BCUT2D eigenvalue weighted by Gasteiger charge is -2.27. The fraction of sp³-hybridized carbons (Fsp3) is 0.333. The highest BCUT2D eigenvalue weighted by atomic mass is 32.2. The number of aliphatic hydroxyl groups excluding tert-OH is 1. The van der Waals surface area contributed by atoms with Gasteiger partial charge in [0, 0.05) is 16.6 Å². The van der Waals surface area contributed by atoms with Crippen molar-refractivity contribution in [1.82, 2.24) is 0 Å². The van der Waals surface area contributed by atoms with E-state index in [0.717, 1.165) is 12.2 Å². The highest BCUT2D eigenvalue weighted by Crippen LogP contribution is 2.42. The van der Waals surface area contributed by atoms with Crippen molar-refractivity contribution < 1.29 is 5.11 Å². The van der Waals surface area contributed by atoms with Gasteiger partial charge in [-0.05, 0) is 23.1 Å². The molecule has 2 aromatic carbocycles. The summed E-state index contributed by atoms with van der Waals surface area (Å²) in [7, 11) is 0. The van der Waals surface area contributed by atoms with Crippen LogP contribution in [0.1, 0.15) is 30.4 Å². The largest absolute Gasteiger partial charge is 0.392 e. The van der Waals surface area contributed by atoms with Gasteiger partial charge in [0.15, 0.2) is 0 Å². The molecule has 1 N–H and O–H groups in total. The van der Waals surface area contributed by atoms with Crippen LogP contribution in [0.3, 0.4) is 0 Å². The maximum absolute atomic E-state index is 10.9. The summed E-state index contributed by atoms with van der Waals surface area (Å²) in [5.74, 6) is 1.43. The SMILES string of the molecule is CC[C@@H]1CSc2ccccc2[C@H](c2ccccc2)[C@H]1O. The molecule has 1 aliphatic rings. The fourth-order valence-electron chi connectivity index (χ4n) is 3.02. The Kier molecular flexibility index (Phi) is 4.13. The lowest BCUT2D eigenvalue weighted by molar-refractivity contribution is 0.101. The minimum Gasteiger partial charge on any atom is -0.392 e. The van der Waals surface area contributed by atoms with Crippen LogP contribution in [0.15, 0.2) is 59.5 Å². The number of fused-ring (bicyclic) bond motifs is 1. The summed E-state index contributed by atoms with van der Waals surface area (Å²) in [6, 6.07) is 18.9. The molecule has 2 aromatic rings. The van der Waals surface area contributed by atoms with E-state index in [1.54, 1.807) is 0 Å². The summed E-state index contributed by atoms with van der Waals surface area (Å²) < 4.78 is 0. The molecular formula is C18H20OS. The summed E-state index contributed by atoms with van der Waals surface area (Å²) >= 11 is 1.88. The minimum absolute atomic E-state index is 0.0901. The van der Waals surface area contributed by atoms with E-state index < -0.39 is 0 Å². The Balaban J connectivity index is 2.11. The molecule has 0 fully saturated rings. The zero-order valence-corrected chi connectivity index (χ0v) is 12.5. The van der Waals surface area contributed by atoms with Gasteiger partial charge in [-0.2, -0.15) is 0 Å². The molecule has 0 bridgehead atoms. The number of thioether (sulfide) groups is 1. The molecule has 0 amide bonds. The summed E-state index contributed by atoms with van der Waals surface area (Å²) in [6.45, 7) is 2.17. The molecule has 1 heterocycles. The molecule has 1 aliphatic heterocycles. The highest BCUT2D eigenvalue weighted by Gasteiger charge is 2.33. The first-order valence-electron chi connectivity index (χ1n) is 7.26. The monoisotopic (exact) mass is 284 g/mol. The van der Waals surface area contributed by atoms with Crippen LogP contribution in [0.4, 0.5) is 0 Å². The molecule has 0 spiro atoms. The van der Waals surface area contributed by atoms with Crippen LogP contribution in [-0.2, 0) is 0 Å². The van der Waals surface area contributed by atoms with E-state index in [1.165, 1.54) is 16.0 Å². The van der Waals surface area contributed by atoms with Crippen LogP contribution >= 0.6 is 11.8 Å². The van der Waals surface area contributed by atoms with Gasteiger partial charge < -0.3 is 5.11 Å². The first kappa shape index (κ1) is 13.7. The predicted octanol–water partition coefficient (Wildman–Crippen LogP) is 4.31. The second kappa shape index (κ2) is 6.02. The van der Waals surface area contributed by atoms with Crippen LogP contribution in [0.5, 0.6) is 0 Å². The Bertz CT molecular complexity index is 567. The summed E-state index contributed by atoms with van der Waals surface area (Å²) in [4.78, 5) is 1.32. The Labute approximate surface area is 125 Å². The number of rotatable bonds is 2. The molecule has 0 saturated carbocycles. The smallest absolute Gasteiger partial charge is 0.0685 e. The lowest BCUT2D eigenvalue weighted by Crippen LogP contribution is -2.28. The van der Waals surface area contributed by atoms with Crippen LogP contribution in [-0.4, -0.2) is 17.0 Å². The van der Waals surface area contributed by atoms with Gasteiger partial charge in [-0.25, -0.2) is 0 Å². The number of hydrogen-bond donors (Lipinski definition) is 1. The zero-order valence-electron chi connectivity index (χ0n) is 11.7. The maximum Gasteiger partial charge on any atom is 0.0685 e. The van der Waals surface area contributed by atoms with Gasteiger partial charge in [-0.1, -0.05) is 61.9 Å². The van der Waals surface area contributed by atoms with E-state index in [1.807, 2.05) is 17.8 Å². The molecule has 3 rings (SSSR count). The van der Waals surface area contributed by atoms with Gasteiger partial charge in [-0.15, -0.1) is 11.8 Å². The van der Waals surface area contributed by atoms with Crippen molar-refractivity contribution in [3.8, 4) is 0 Å². The number of benzene rings is 2. The van der Waals surface area contributed by atoms with Crippen molar-refractivity contribution in [1.29, 1.82) is 0 Å². The normalized spacial score (nSPS) is 25.8. The van der Waals surface area contributed by atoms with E-state index in [0.29, 0.717) is 5.92 Å². The van der Waals surface area contributed by atoms with Crippen molar-refractivity contribution in [2.24, 2.45) is 5.92 Å². The molecule has 0 saturated heterocycles. The maximum atomic E-state index is 10.9. The van der Waals surface area contributed by atoms with Crippen molar-refractivity contribution in [2.75, 3.05) is 5.75 Å². The predicted molar refractivity (Wildman–Crippen MR) is 85.2 cm³/mol. The van der Waals surface area contributed by atoms with Crippen LogP contribution in [0, 0.1) is 5.92 Å². The second-order valence-electron chi connectivity index (χ2n) is 5.40. The van der Waals surface area contributed by atoms with E-state index in [9.17, 15) is 5.11 Å². The van der Waals surface area contributed by atoms with E-state index >= 15 is 0 Å². The van der Waals surface area contributed by atoms with Crippen LogP contribution < -0.4 is 0 Å². The van der Waals surface area contributed by atoms with Gasteiger partial charge in [0.1, 0.15) is 0 Å². The highest BCUT2D eigenvalue weighted by molar-refractivity contribution is 7.99. The molecule has 2 heteroatoms. The molecule has 3 atom stereocenters.